The highest BCUT2D eigenvalue weighted by Gasteiger charge is 2.24. The topological polar surface area (TPSA) is 15.3 Å². The molecule has 0 amide bonds. The molecule has 1 heterocycles. The van der Waals surface area contributed by atoms with E-state index in [1.54, 1.807) is 0 Å². The van der Waals surface area contributed by atoms with Crippen LogP contribution in [0.25, 0.3) is 0 Å². The van der Waals surface area contributed by atoms with Crippen LogP contribution < -0.4 is 5.32 Å². The van der Waals surface area contributed by atoms with Gasteiger partial charge in [0, 0.05) is 18.6 Å². The lowest BCUT2D eigenvalue weighted by molar-refractivity contribution is 0.175. The zero-order valence-corrected chi connectivity index (χ0v) is 14.2. The average Bonchev–Trinajstić information content (AvgIpc) is 2.59. The molecule has 1 aromatic rings. The summed E-state index contributed by atoms with van der Waals surface area (Å²) in [5.41, 5.74) is 1.87. The first-order valence-electron chi connectivity index (χ1n) is 8.45. The van der Waals surface area contributed by atoms with Gasteiger partial charge in [-0.2, -0.15) is 0 Å². The van der Waals surface area contributed by atoms with E-state index in [1.165, 1.54) is 31.5 Å². The Bertz CT molecular complexity index is 407. The Morgan fingerprint density at radius 3 is 2.57 bits per heavy atom. The molecule has 0 bridgehead atoms. The molecule has 118 valence electrons. The maximum absolute atomic E-state index is 3.75. The highest BCUT2D eigenvalue weighted by molar-refractivity contribution is 5.16. The summed E-state index contributed by atoms with van der Waals surface area (Å²) in [5, 5.41) is 3.75. The highest BCUT2D eigenvalue weighted by Crippen LogP contribution is 2.21. The quantitative estimate of drug-likeness (QED) is 0.908. The Labute approximate surface area is 130 Å². The number of nitrogens with zero attached hydrogens (tertiary/aromatic N) is 1. The van der Waals surface area contributed by atoms with Crippen LogP contribution in [0.1, 0.15) is 46.1 Å². The van der Waals surface area contributed by atoms with E-state index in [1.807, 2.05) is 0 Å². The van der Waals surface area contributed by atoms with E-state index in [0.717, 1.165) is 13.0 Å². The lowest BCUT2D eigenvalue weighted by atomic mass is 9.91. The molecule has 1 aliphatic rings. The van der Waals surface area contributed by atoms with Gasteiger partial charge in [-0.25, -0.2) is 0 Å². The van der Waals surface area contributed by atoms with Gasteiger partial charge in [-0.3, -0.25) is 4.90 Å². The van der Waals surface area contributed by atoms with Crippen LogP contribution in [0.15, 0.2) is 30.3 Å². The molecule has 2 atom stereocenters. The minimum absolute atomic E-state index is 0.425. The van der Waals surface area contributed by atoms with Crippen LogP contribution in [-0.2, 0) is 6.42 Å². The van der Waals surface area contributed by atoms with Crippen LogP contribution in [0.5, 0.6) is 0 Å². The number of nitrogens with one attached hydrogen (secondary N) is 1. The van der Waals surface area contributed by atoms with Crippen molar-refractivity contribution in [1.82, 2.24) is 10.2 Å². The Kier molecular flexibility index (Phi) is 5.83. The van der Waals surface area contributed by atoms with Crippen molar-refractivity contribution in [1.29, 1.82) is 0 Å². The van der Waals surface area contributed by atoms with E-state index in [4.69, 9.17) is 0 Å². The van der Waals surface area contributed by atoms with Gasteiger partial charge in [0.25, 0.3) is 0 Å². The maximum Gasteiger partial charge on any atom is 0.0235 e. The molecule has 2 heteroatoms. The second kappa shape index (κ2) is 7.42. The molecular weight excluding hydrogens is 256 g/mol. The summed E-state index contributed by atoms with van der Waals surface area (Å²) >= 11 is 0. The first-order valence-corrected chi connectivity index (χ1v) is 8.45. The minimum Gasteiger partial charge on any atom is -0.312 e. The Hall–Kier alpha value is -0.860. The molecule has 21 heavy (non-hydrogen) atoms. The van der Waals surface area contributed by atoms with Gasteiger partial charge in [-0.15, -0.1) is 0 Å². The van der Waals surface area contributed by atoms with Crippen LogP contribution >= 0.6 is 0 Å². The van der Waals surface area contributed by atoms with Gasteiger partial charge < -0.3 is 5.32 Å². The number of rotatable bonds is 4. The van der Waals surface area contributed by atoms with Crippen LogP contribution in [0.3, 0.4) is 0 Å². The zero-order chi connectivity index (χ0) is 15.3. The van der Waals surface area contributed by atoms with Crippen molar-refractivity contribution in [2.75, 3.05) is 19.6 Å². The largest absolute Gasteiger partial charge is 0.312 e. The van der Waals surface area contributed by atoms with Crippen molar-refractivity contribution >= 4 is 0 Å². The van der Waals surface area contributed by atoms with Gasteiger partial charge >= 0.3 is 0 Å². The third-order valence-electron chi connectivity index (χ3n) is 4.55. The molecule has 1 fully saturated rings. The van der Waals surface area contributed by atoms with Gasteiger partial charge in [0.1, 0.15) is 0 Å². The molecule has 0 aromatic heterocycles. The molecule has 0 radical (unpaired) electrons. The molecule has 2 unspecified atom stereocenters. The normalized spacial score (nSPS) is 24.8. The van der Waals surface area contributed by atoms with Crippen molar-refractivity contribution in [2.24, 2.45) is 5.41 Å². The van der Waals surface area contributed by atoms with Crippen LogP contribution in [-0.4, -0.2) is 36.6 Å². The number of benzene rings is 1. The molecule has 1 aliphatic heterocycles. The molecule has 1 aromatic carbocycles. The summed E-state index contributed by atoms with van der Waals surface area (Å²) in [6.07, 6.45) is 3.67. The Morgan fingerprint density at radius 1 is 1.19 bits per heavy atom. The Balaban J connectivity index is 1.94. The van der Waals surface area contributed by atoms with Gasteiger partial charge in [0.2, 0.25) is 0 Å². The van der Waals surface area contributed by atoms with Crippen LogP contribution in [0.2, 0.25) is 0 Å². The van der Waals surface area contributed by atoms with E-state index in [2.05, 4.69) is 68.2 Å². The molecular formula is C19H32N2. The summed E-state index contributed by atoms with van der Waals surface area (Å²) in [5.74, 6) is 0. The number of hydrogen-bond donors (Lipinski definition) is 1. The second-order valence-electron chi connectivity index (χ2n) is 7.78. The summed E-state index contributed by atoms with van der Waals surface area (Å²) in [4.78, 5) is 2.69. The Morgan fingerprint density at radius 2 is 1.90 bits per heavy atom. The van der Waals surface area contributed by atoms with Crippen LogP contribution in [0.4, 0.5) is 0 Å². The molecule has 2 rings (SSSR count). The van der Waals surface area contributed by atoms with Gasteiger partial charge in [-0.05, 0) is 50.3 Å². The van der Waals surface area contributed by atoms with E-state index in [9.17, 15) is 0 Å². The molecule has 1 saturated heterocycles. The van der Waals surface area contributed by atoms with E-state index in [0.29, 0.717) is 17.5 Å². The predicted molar refractivity (Wildman–Crippen MR) is 91.7 cm³/mol. The summed E-state index contributed by atoms with van der Waals surface area (Å²) in [6.45, 7) is 12.9. The van der Waals surface area contributed by atoms with Crippen molar-refractivity contribution in [3.05, 3.63) is 35.9 Å². The first kappa shape index (κ1) is 16.5. The van der Waals surface area contributed by atoms with E-state index < -0.39 is 0 Å². The third-order valence-corrected chi connectivity index (χ3v) is 4.55. The number of hydrogen-bond acceptors (Lipinski definition) is 2. The SMILES string of the molecule is CC1CCNC(Cc2ccccc2)CN1CCC(C)(C)C. The zero-order valence-electron chi connectivity index (χ0n) is 14.2. The standard InChI is InChI=1S/C19H32N2/c1-16-10-12-20-18(14-17-8-6-5-7-9-17)15-21(16)13-11-19(2,3)4/h5-9,16,18,20H,10-15H2,1-4H3. The van der Waals surface area contributed by atoms with E-state index in [-0.39, 0.29) is 0 Å². The maximum atomic E-state index is 3.75. The smallest absolute Gasteiger partial charge is 0.0235 e. The van der Waals surface area contributed by atoms with Gasteiger partial charge in [0.15, 0.2) is 0 Å². The monoisotopic (exact) mass is 288 g/mol. The van der Waals surface area contributed by atoms with Crippen molar-refractivity contribution in [3.8, 4) is 0 Å². The van der Waals surface area contributed by atoms with Crippen LogP contribution in [0, 0.1) is 5.41 Å². The van der Waals surface area contributed by atoms with Crippen molar-refractivity contribution < 1.29 is 0 Å². The average molecular weight is 288 g/mol. The van der Waals surface area contributed by atoms with Gasteiger partial charge in [0.05, 0.1) is 0 Å². The highest BCUT2D eigenvalue weighted by atomic mass is 15.2. The summed E-state index contributed by atoms with van der Waals surface area (Å²) < 4.78 is 0. The molecule has 0 aliphatic carbocycles. The fourth-order valence-electron chi connectivity index (χ4n) is 3.03. The lowest BCUT2D eigenvalue weighted by Gasteiger charge is -2.31. The first-order chi connectivity index (χ1) is 9.94. The predicted octanol–water partition coefficient (Wildman–Crippen LogP) is 3.72. The summed E-state index contributed by atoms with van der Waals surface area (Å²) in [7, 11) is 0. The van der Waals surface area contributed by atoms with Crippen molar-refractivity contribution in [2.45, 2.75) is 59.0 Å². The fourth-order valence-corrected chi connectivity index (χ4v) is 3.03. The van der Waals surface area contributed by atoms with Gasteiger partial charge in [-0.1, -0.05) is 51.1 Å². The third kappa shape index (κ3) is 5.80. The minimum atomic E-state index is 0.425. The second-order valence-corrected chi connectivity index (χ2v) is 7.78. The van der Waals surface area contributed by atoms with Crippen molar-refractivity contribution in [3.63, 3.8) is 0 Å². The lowest BCUT2D eigenvalue weighted by Crippen LogP contribution is -2.42. The fraction of sp³-hybridized carbons (Fsp3) is 0.684. The van der Waals surface area contributed by atoms with E-state index >= 15 is 0 Å². The summed E-state index contributed by atoms with van der Waals surface area (Å²) in [6, 6.07) is 12.2. The molecule has 2 nitrogen and oxygen atoms in total. The molecule has 0 spiro atoms. The molecule has 1 N–H and O–H groups in total. The molecule has 0 saturated carbocycles.